The third-order valence-electron chi connectivity index (χ3n) is 7.35. The van der Waals surface area contributed by atoms with Crippen molar-refractivity contribution >= 4 is 39.9 Å². The Morgan fingerprint density at radius 2 is 1.80 bits per heavy atom. The van der Waals surface area contributed by atoms with Crippen LogP contribution in [0.1, 0.15) is 42.3 Å². The average Bonchev–Trinajstić information content (AvgIpc) is 3.40. The molecule has 4 aromatic rings. The van der Waals surface area contributed by atoms with Crippen LogP contribution >= 0.6 is 11.6 Å². The summed E-state index contributed by atoms with van der Waals surface area (Å²) in [7, 11) is 0. The lowest BCUT2D eigenvalue weighted by Crippen LogP contribution is -2.38. The highest BCUT2D eigenvalue weighted by Gasteiger charge is 2.23. The maximum absolute atomic E-state index is 13.5. The molecule has 2 heterocycles. The van der Waals surface area contributed by atoms with Crippen LogP contribution < -0.4 is 10.1 Å². The van der Waals surface area contributed by atoms with Gasteiger partial charge in [0.2, 0.25) is 0 Å². The van der Waals surface area contributed by atoms with Gasteiger partial charge >= 0.3 is 0 Å². The summed E-state index contributed by atoms with van der Waals surface area (Å²) in [5.74, 6) is -0.402. The summed E-state index contributed by atoms with van der Waals surface area (Å²) < 4.78 is 13.2. The van der Waals surface area contributed by atoms with Gasteiger partial charge in [-0.15, -0.1) is 0 Å². The molecule has 41 heavy (non-hydrogen) atoms. The third-order valence-corrected chi connectivity index (χ3v) is 7.58. The molecule has 0 unspecified atom stereocenters. The SMILES string of the molecule is Cc1ccc(C(C)(C)C)cc1-n1nccc1NC(=O)C(=O)c1ccc(OCCN2CCOCC2)c2ccc(Cl)cc12. The maximum atomic E-state index is 13.5. The van der Waals surface area contributed by atoms with Crippen molar-refractivity contribution in [3.8, 4) is 11.4 Å². The molecule has 1 aliphatic heterocycles. The highest BCUT2D eigenvalue weighted by atomic mass is 35.5. The lowest BCUT2D eigenvalue weighted by Gasteiger charge is -2.26. The van der Waals surface area contributed by atoms with Crippen molar-refractivity contribution < 1.29 is 19.1 Å². The molecule has 5 rings (SSSR count). The molecule has 8 nitrogen and oxygen atoms in total. The second kappa shape index (κ2) is 12.0. The number of ketones is 1. The monoisotopic (exact) mass is 574 g/mol. The van der Waals surface area contributed by atoms with E-state index in [1.54, 1.807) is 41.2 Å². The van der Waals surface area contributed by atoms with E-state index in [0.29, 0.717) is 28.6 Å². The predicted molar refractivity (Wildman–Crippen MR) is 162 cm³/mol. The Kier molecular flexibility index (Phi) is 8.45. The number of aromatic nitrogens is 2. The van der Waals surface area contributed by atoms with E-state index < -0.39 is 11.7 Å². The molecule has 9 heteroatoms. The van der Waals surface area contributed by atoms with Crippen LogP contribution in [0.2, 0.25) is 5.02 Å². The van der Waals surface area contributed by atoms with E-state index in [9.17, 15) is 9.59 Å². The van der Waals surface area contributed by atoms with Crippen molar-refractivity contribution in [2.45, 2.75) is 33.1 Å². The second-order valence-electron chi connectivity index (χ2n) is 11.3. The molecule has 1 N–H and O–H groups in total. The number of morpholine rings is 1. The molecule has 1 fully saturated rings. The number of rotatable bonds is 8. The zero-order chi connectivity index (χ0) is 29.1. The number of carbonyl (C=O) groups excluding carboxylic acids is 2. The Morgan fingerprint density at radius 1 is 1.02 bits per heavy atom. The number of nitrogens with zero attached hydrogens (tertiary/aromatic N) is 3. The van der Waals surface area contributed by atoms with Crippen LogP contribution in [0.15, 0.2) is 60.8 Å². The molecule has 0 spiro atoms. The minimum atomic E-state index is -0.765. The second-order valence-corrected chi connectivity index (χ2v) is 11.7. The molecule has 0 radical (unpaired) electrons. The first-order valence-corrected chi connectivity index (χ1v) is 14.2. The van der Waals surface area contributed by atoms with E-state index in [1.165, 1.54) is 0 Å². The van der Waals surface area contributed by atoms with Gasteiger partial charge in [0.15, 0.2) is 0 Å². The zero-order valence-electron chi connectivity index (χ0n) is 23.9. The standard InChI is InChI=1S/C32H35ClN4O4/c1-21-5-6-22(32(2,3)4)19-27(21)37-29(11-12-34-37)35-31(39)30(38)25-9-10-28(24-8-7-23(33)20-26(24)25)41-18-15-36-13-16-40-17-14-36/h5-12,19-20H,13-18H2,1-4H3,(H,35,39). The number of hydrogen-bond donors (Lipinski definition) is 1. The van der Waals surface area contributed by atoms with Gasteiger partial charge in [-0.25, -0.2) is 4.68 Å². The molecule has 1 aliphatic rings. The summed E-state index contributed by atoms with van der Waals surface area (Å²) in [4.78, 5) is 29.1. The Bertz CT molecular complexity index is 1580. The first kappa shape index (κ1) is 28.8. The molecular formula is C32H35ClN4O4. The van der Waals surface area contributed by atoms with Crippen LogP contribution in [0, 0.1) is 6.92 Å². The molecule has 1 saturated heterocycles. The van der Waals surface area contributed by atoms with Gasteiger partial charge in [0.25, 0.3) is 11.7 Å². The molecule has 0 aliphatic carbocycles. The number of hydrogen-bond acceptors (Lipinski definition) is 6. The van der Waals surface area contributed by atoms with Crippen LogP contribution in [-0.2, 0) is 14.9 Å². The van der Waals surface area contributed by atoms with Gasteiger partial charge < -0.3 is 14.8 Å². The van der Waals surface area contributed by atoms with Crippen molar-refractivity contribution in [3.05, 3.63) is 82.5 Å². The van der Waals surface area contributed by atoms with Crippen molar-refractivity contribution in [1.29, 1.82) is 0 Å². The van der Waals surface area contributed by atoms with Gasteiger partial charge in [-0.05, 0) is 65.3 Å². The number of benzene rings is 3. The summed E-state index contributed by atoms with van der Waals surface area (Å²) in [6, 6.07) is 16.5. The summed E-state index contributed by atoms with van der Waals surface area (Å²) in [6.07, 6.45) is 1.60. The fraction of sp³-hybridized carbons (Fsp3) is 0.344. The third kappa shape index (κ3) is 6.45. The average molecular weight is 575 g/mol. The Morgan fingerprint density at radius 3 is 2.56 bits per heavy atom. The maximum Gasteiger partial charge on any atom is 0.297 e. The summed E-state index contributed by atoms with van der Waals surface area (Å²) in [5.41, 5.74) is 3.15. The number of amides is 1. The highest BCUT2D eigenvalue weighted by Crippen LogP contribution is 2.32. The van der Waals surface area contributed by atoms with Crippen LogP contribution in [0.3, 0.4) is 0 Å². The van der Waals surface area contributed by atoms with E-state index in [4.69, 9.17) is 21.1 Å². The lowest BCUT2D eigenvalue weighted by molar-refractivity contribution is -0.112. The smallest absolute Gasteiger partial charge is 0.297 e. The molecule has 0 atom stereocenters. The minimum absolute atomic E-state index is 0.0598. The van der Waals surface area contributed by atoms with E-state index in [2.05, 4.69) is 48.2 Å². The first-order valence-electron chi connectivity index (χ1n) is 13.8. The Labute approximate surface area is 245 Å². The van der Waals surface area contributed by atoms with Crippen LogP contribution in [0.5, 0.6) is 5.75 Å². The summed E-state index contributed by atoms with van der Waals surface area (Å²) in [6.45, 7) is 12.9. The van der Waals surface area contributed by atoms with Crippen LogP contribution in [0.4, 0.5) is 5.82 Å². The van der Waals surface area contributed by atoms with Gasteiger partial charge in [-0.3, -0.25) is 14.5 Å². The van der Waals surface area contributed by atoms with Crippen molar-refractivity contribution in [2.75, 3.05) is 44.8 Å². The number of fused-ring (bicyclic) bond motifs is 1. The lowest BCUT2D eigenvalue weighted by atomic mass is 9.86. The molecule has 3 aromatic carbocycles. The van der Waals surface area contributed by atoms with Gasteiger partial charge in [0.1, 0.15) is 18.2 Å². The normalized spacial score (nSPS) is 14.3. The summed E-state index contributed by atoms with van der Waals surface area (Å²) >= 11 is 6.31. The number of carbonyl (C=O) groups is 2. The quantitative estimate of drug-likeness (QED) is 0.211. The molecule has 0 bridgehead atoms. The number of halogens is 1. The van der Waals surface area contributed by atoms with Gasteiger partial charge in [-0.2, -0.15) is 5.10 Å². The highest BCUT2D eigenvalue weighted by molar-refractivity contribution is 6.48. The van der Waals surface area contributed by atoms with E-state index in [1.807, 2.05) is 19.1 Å². The number of aryl methyl sites for hydroxylation is 1. The minimum Gasteiger partial charge on any atom is -0.492 e. The number of ether oxygens (including phenoxy) is 2. The molecular weight excluding hydrogens is 540 g/mol. The molecule has 1 amide bonds. The Hall–Kier alpha value is -3.72. The van der Waals surface area contributed by atoms with Gasteiger partial charge in [-0.1, -0.05) is 44.5 Å². The van der Waals surface area contributed by atoms with E-state index >= 15 is 0 Å². The van der Waals surface area contributed by atoms with Crippen molar-refractivity contribution in [1.82, 2.24) is 14.7 Å². The van der Waals surface area contributed by atoms with E-state index in [0.717, 1.165) is 55.0 Å². The van der Waals surface area contributed by atoms with Gasteiger partial charge in [0.05, 0.1) is 25.1 Å². The zero-order valence-corrected chi connectivity index (χ0v) is 24.6. The first-order chi connectivity index (χ1) is 19.6. The van der Waals surface area contributed by atoms with Crippen LogP contribution in [0.25, 0.3) is 16.5 Å². The largest absolute Gasteiger partial charge is 0.492 e. The Balaban J connectivity index is 1.37. The fourth-order valence-corrected chi connectivity index (χ4v) is 5.09. The van der Waals surface area contributed by atoms with Crippen LogP contribution in [-0.4, -0.2) is 65.8 Å². The molecule has 214 valence electrons. The number of anilines is 1. The topological polar surface area (TPSA) is 85.7 Å². The predicted octanol–water partition coefficient (Wildman–Crippen LogP) is 5.82. The fourth-order valence-electron chi connectivity index (χ4n) is 4.92. The number of Topliss-reactive ketones (excluding diaryl/α,β-unsaturated/α-hetero) is 1. The number of nitrogens with one attached hydrogen (secondary N) is 1. The van der Waals surface area contributed by atoms with Crippen molar-refractivity contribution in [2.24, 2.45) is 0 Å². The van der Waals surface area contributed by atoms with E-state index in [-0.39, 0.29) is 11.0 Å². The summed E-state index contributed by atoms with van der Waals surface area (Å²) in [5, 5.41) is 8.95. The molecule has 0 saturated carbocycles. The van der Waals surface area contributed by atoms with Gasteiger partial charge in [0, 0.05) is 41.7 Å². The molecule has 1 aromatic heterocycles. The van der Waals surface area contributed by atoms with Crippen molar-refractivity contribution in [3.63, 3.8) is 0 Å².